The van der Waals surface area contributed by atoms with Gasteiger partial charge in [0.2, 0.25) is 0 Å². The molecule has 246 valence electrons. The third-order valence-electron chi connectivity index (χ3n) is 9.13. The zero-order valence-electron chi connectivity index (χ0n) is 26.6. The number of aldehydes is 2. The van der Waals surface area contributed by atoms with Gasteiger partial charge in [-0.05, 0) is 95.9 Å². The van der Waals surface area contributed by atoms with E-state index in [1.807, 2.05) is 25.1 Å². The fraction of sp³-hybridized carbons (Fsp3) is 0.444. The highest BCUT2D eigenvalue weighted by atomic mass is 16.4. The number of H-pyrrole nitrogens is 1. The van der Waals surface area contributed by atoms with Gasteiger partial charge in [0, 0.05) is 24.5 Å². The number of fused-ring (bicyclic) bond motifs is 2. The van der Waals surface area contributed by atoms with E-state index in [1.165, 1.54) is 17.2 Å². The number of carboxylic acids is 1. The van der Waals surface area contributed by atoms with Crippen LogP contribution in [0, 0.1) is 11.8 Å². The highest BCUT2D eigenvalue weighted by Gasteiger charge is 2.32. The van der Waals surface area contributed by atoms with E-state index in [-0.39, 0.29) is 36.3 Å². The van der Waals surface area contributed by atoms with Crippen molar-refractivity contribution >= 4 is 41.1 Å². The molecule has 46 heavy (non-hydrogen) atoms. The lowest BCUT2D eigenvalue weighted by atomic mass is 9.69. The number of hydrogen-bond acceptors (Lipinski definition) is 5. The molecule has 1 heterocycles. The average molecular weight is 628 g/mol. The molecule has 10 heteroatoms. The van der Waals surface area contributed by atoms with Crippen molar-refractivity contribution in [2.24, 2.45) is 34.0 Å². The number of rotatable bonds is 18. The zero-order chi connectivity index (χ0) is 33.1. The maximum Gasteiger partial charge on any atom is 0.328 e. The number of aliphatic imine (C=N–C) groups is 1. The van der Waals surface area contributed by atoms with Crippen molar-refractivity contribution in [3.05, 3.63) is 82.3 Å². The summed E-state index contributed by atoms with van der Waals surface area (Å²) < 4.78 is 0. The molecule has 0 bridgehead atoms. The fourth-order valence-electron chi connectivity index (χ4n) is 6.69. The first-order valence-electron chi connectivity index (χ1n) is 16.2. The summed E-state index contributed by atoms with van der Waals surface area (Å²) in [6.07, 6.45) is 12.0. The lowest BCUT2D eigenvalue weighted by Gasteiger charge is -2.39. The van der Waals surface area contributed by atoms with Crippen LogP contribution in [0.4, 0.5) is 5.82 Å². The quantitative estimate of drug-likeness (QED) is 0.0538. The number of nitrogens with zero attached hydrogens (tertiary/aromatic N) is 2. The van der Waals surface area contributed by atoms with Gasteiger partial charge in [-0.3, -0.25) is 0 Å². The number of carbonyl (C=O) groups is 3. The monoisotopic (exact) mass is 627 g/mol. The van der Waals surface area contributed by atoms with Gasteiger partial charge < -0.3 is 42.2 Å². The third kappa shape index (κ3) is 9.78. The van der Waals surface area contributed by atoms with Gasteiger partial charge in [-0.15, -0.1) is 0 Å². The number of guanidine groups is 1. The van der Waals surface area contributed by atoms with Crippen molar-refractivity contribution in [3.8, 4) is 0 Å². The molecule has 0 saturated heterocycles. The van der Waals surface area contributed by atoms with E-state index in [4.69, 9.17) is 22.5 Å². The first-order chi connectivity index (χ1) is 22.2. The molecule has 5 atom stereocenters. The van der Waals surface area contributed by atoms with Crippen molar-refractivity contribution in [1.82, 2.24) is 4.98 Å². The Hall–Kier alpha value is -4.44. The summed E-state index contributed by atoms with van der Waals surface area (Å²) in [5.74, 6) is -0.130. The number of benzene rings is 2. The Morgan fingerprint density at radius 1 is 1.13 bits per heavy atom. The molecular formula is C36H47N6O4-. The second-order valence-corrected chi connectivity index (χ2v) is 12.6. The highest BCUT2D eigenvalue weighted by molar-refractivity contribution is 5.86. The largest absolute Gasteiger partial charge is 0.478 e. The lowest BCUT2D eigenvalue weighted by molar-refractivity contribution is -0.131. The van der Waals surface area contributed by atoms with Gasteiger partial charge in [0.25, 0.3) is 0 Å². The van der Waals surface area contributed by atoms with Gasteiger partial charge >= 0.3 is 5.97 Å². The highest BCUT2D eigenvalue weighted by Crippen LogP contribution is 2.45. The van der Waals surface area contributed by atoms with Crippen molar-refractivity contribution in [2.45, 2.75) is 82.7 Å². The van der Waals surface area contributed by atoms with E-state index < -0.39 is 12.0 Å². The van der Waals surface area contributed by atoms with Crippen LogP contribution in [0.2, 0.25) is 0 Å². The van der Waals surface area contributed by atoms with E-state index in [0.29, 0.717) is 24.2 Å². The summed E-state index contributed by atoms with van der Waals surface area (Å²) in [4.78, 5) is 41.5. The summed E-state index contributed by atoms with van der Waals surface area (Å²) >= 11 is 0. The Labute approximate surface area is 270 Å². The minimum Gasteiger partial charge on any atom is -0.478 e. The number of carbonyl (C=O) groups excluding carboxylic acids is 2. The Balaban J connectivity index is 1.67. The van der Waals surface area contributed by atoms with Crippen LogP contribution < -0.4 is 17.2 Å². The number of aryl methyl sites for hydroxylation is 1. The van der Waals surface area contributed by atoms with Crippen molar-refractivity contribution in [3.63, 3.8) is 0 Å². The molecule has 0 unspecified atom stereocenters. The van der Waals surface area contributed by atoms with E-state index in [0.717, 1.165) is 73.9 Å². The molecule has 4 rings (SSSR count). The van der Waals surface area contributed by atoms with Crippen LogP contribution in [0.1, 0.15) is 74.5 Å². The summed E-state index contributed by atoms with van der Waals surface area (Å²) in [7, 11) is 0. The normalized spacial score (nSPS) is 18.3. The van der Waals surface area contributed by atoms with Gasteiger partial charge in [-0.2, -0.15) is 0 Å². The summed E-state index contributed by atoms with van der Waals surface area (Å²) in [5, 5.41) is 17.0. The number of aromatic nitrogens is 1. The van der Waals surface area contributed by atoms with Gasteiger partial charge in [-0.25, -0.2) is 9.79 Å². The number of carboxylic acid groups (broad SMARTS) is 1. The van der Waals surface area contributed by atoms with Gasteiger partial charge in [-0.1, -0.05) is 67.8 Å². The number of nitrogens with one attached hydrogen (secondary N) is 1. The number of nitrogens with two attached hydrogens (primary N) is 3. The molecule has 1 aliphatic rings. The maximum absolute atomic E-state index is 11.9. The minimum absolute atomic E-state index is 0.00500. The third-order valence-corrected chi connectivity index (χ3v) is 9.13. The topological polar surface area (TPSA) is 192 Å². The molecular weight excluding hydrogens is 580 g/mol. The molecule has 1 aliphatic carbocycles. The summed E-state index contributed by atoms with van der Waals surface area (Å²) in [6.45, 7) is 1.96. The van der Waals surface area contributed by atoms with Crippen LogP contribution in [-0.2, 0) is 27.2 Å². The molecule has 10 nitrogen and oxygen atoms in total. The molecule has 0 radical (unpaired) electrons. The predicted molar refractivity (Wildman–Crippen MR) is 183 cm³/mol. The van der Waals surface area contributed by atoms with E-state index in [2.05, 4.69) is 34.2 Å². The zero-order valence-corrected chi connectivity index (χ0v) is 26.6. The Morgan fingerprint density at radius 3 is 2.65 bits per heavy atom. The van der Waals surface area contributed by atoms with Crippen LogP contribution in [0.3, 0.4) is 0 Å². The van der Waals surface area contributed by atoms with E-state index in [9.17, 15) is 19.5 Å². The van der Waals surface area contributed by atoms with E-state index >= 15 is 0 Å². The van der Waals surface area contributed by atoms with Gasteiger partial charge in [0.05, 0.1) is 6.54 Å². The van der Waals surface area contributed by atoms with Crippen molar-refractivity contribution in [2.75, 3.05) is 6.54 Å². The minimum atomic E-state index is -1.08. The van der Waals surface area contributed by atoms with Crippen LogP contribution in [-0.4, -0.2) is 53.2 Å². The van der Waals surface area contributed by atoms with Crippen molar-refractivity contribution in [1.29, 1.82) is 0 Å². The van der Waals surface area contributed by atoms with Gasteiger partial charge in [0.1, 0.15) is 12.6 Å². The lowest BCUT2D eigenvalue weighted by Crippen LogP contribution is -2.28. The van der Waals surface area contributed by atoms with Crippen molar-refractivity contribution < 1.29 is 19.5 Å². The fourth-order valence-corrected chi connectivity index (χ4v) is 6.69. The summed E-state index contributed by atoms with van der Waals surface area (Å²) in [5.41, 5.74) is 21.9. The predicted octanol–water partition coefficient (Wildman–Crippen LogP) is 5.42. The van der Waals surface area contributed by atoms with Crippen LogP contribution in [0.5, 0.6) is 0 Å². The second-order valence-electron chi connectivity index (χ2n) is 12.6. The molecule has 1 aromatic heterocycles. The first kappa shape index (κ1) is 34.4. The Bertz CT molecular complexity index is 1530. The molecule has 0 aliphatic heterocycles. The number of aliphatic carboxylic acids is 1. The standard InChI is InChI=1S/C36H47N6O4/c1-23(22-44)7-12-30(37)4-2-5-31-27(11-10-26-17-25-9-8-24(13-15-43)16-28(25)18-32(26)31)19-33(42-34-6-3-14-40-34)29(20-35(45)46)21-41-36(38)39/h3,6,8-9,14-18,20,22-23,27,30-31,33,40H,2,4-5,7,10-13,19,21,37H2,1H3,(H,45,46)(H4,38,39,41)/q-1/b29-20+/t23-,27+,30+,31+,33+/m0/s1. The first-order valence-corrected chi connectivity index (χ1v) is 16.2. The number of hydrogen-bond donors (Lipinski definition) is 5. The SMILES string of the molecule is C[C@H](C=O)CC[C@H](N)CCC[C@H]1c2cc3cc(CC=O)ccc3cc2CC[C@@H]1C[C@@H]([N-]c1ccc[nH]1)/C(=C/C(=O)O)CN=C(N)N. The second kappa shape index (κ2) is 16.7. The molecule has 0 fully saturated rings. The molecule has 0 saturated carbocycles. The smallest absolute Gasteiger partial charge is 0.328 e. The van der Waals surface area contributed by atoms with Gasteiger partial charge in [0.15, 0.2) is 5.96 Å². The average Bonchev–Trinajstić information content (AvgIpc) is 3.54. The Morgan fingerprint density at radius 2 is 1.96 bits per heavy atom. The molecule has 8 N–H and O–H groups in total. The Kier molecular flexibility index (Phi) is 12.5. The molecule has 2 aromatic carbocycles. The van der Waals surface area contributed by atoms with Crippen LogP contribution >= 0.6 is 0 Å². The van der Waals surface area contributed by atoms with E-state index in [1.54, 1.807) is 6.20 Å². The molecule has 3 aromatic rings. The molecule has 0 amide bonds. The molecule has 0 spiro atoms. The van der Waals surface area contributed by atoms with Crippen LogP contribution in [0.25, 0.3) is 16.1 Å². The number of aromatic amines is 1. The van der Waals surface area contributed by atoms with Crippen LogP contribution in [0.15, 0.2) is 65.3 Å². The summed E-state index contributed by atoms with van der Waals surface area (Å²) in [6, 6.07) is 14.0. The maximum atomic E-state index is 11.9.